The molecule has 0 saturated carbocycles. The molecule has 2 aliphatic rings. The summed E-state index contributed by atoms with van der Waals surface area (Å²) in [5, 5.41) is 3.69. The van der Waals surface area contributed by atoms with Crippen molar-refractivity contribution in [3.05, 3.63) is 47.5 Å². The van der Waals surface area contributed by atoms with Gasteiger partial charge in [0.05, 0.1) is 26.2 Å². The number of halogens is 1. The van der Waals surface area contributed by atoms with Crippen LogP contribution in [-0.4, -0.2) is 45.4 Å². The molecule has 2 heterocycles. The number of hydrogen-bond donors (Lipinski definition) is 2. The third kappa shape index (κ3) is 3.86. The molecule has 2 aliphatic heterocycles. The molecule has 7 heteroatoms. The first-order chi connectivity index (χ1) is 12.7. The van der Waals surface area contributed by atoms with E-state index < -0.39 is 0 Å². The Morgan fingerprint density at radius 2 is 1.81 bits per heavy atom. The quantitative estimate of drug-likeness (QED) is 0.849. The third-order valence-electron chi connectivity index (χ3n) is 4.73. The van der Waals surface area contributed by atoms with Crippen molar-refractivity contribution >= 4 is 28.9 Å². The predicted molar refractivity (Wildman–Crippen MR) is 100 cm³/mol. The second-order valence-corrected chi connectivity index (χ2v) is 6.94. The van der Waals surface area contributed by atoms with Gasteiger partial charge in [-0.25, -0.2) is 0 Å². The highest BCUT2D eigenvalue weighted by molar-refractivity contribution is 6.30. The number of rotatable bonds is 4. The topological polar surface area (TPSA) is 55.2 Å². The van der Waals surface area contributed by atoms with Gasteiger partial charge in [0.1, 0.15) is 0 Å². The average Bonchev–Trinajstić information content (AvgIpc) is 3.11. The molecule has 26 heavy (non-hydrogen) atoms. The summed E-state index contributed by atoms with van der Waals surface area (Å²) in [6.07, 6.45) is 0. The van der Waals surface area contributed by atoms with E-state index in [1.165, 1.54) is 10.6 Å². The second-order valence-electron chi connectivity index (χ2n) is 6.51. The van der Waals surface area contributed by atoms with Crippen molar-refractivity contribution in [1.29, 1.82) is 0 Å². The number of ether oxygens (including phenoxy) is 2. The molecule has 136 valence electrons. The van der Waals surface area contributed by atoms with E-state index in [2.05, 4.69) is 10.2 Å². The maximum atomic E-state index is 12.3. The lowest BCUT2D eigenvalue weighted by Gasteiger charge is -2.33. The second kappa shape index (κ2) is 7.43. The van der Waals surface area contributed by atoms with Crippen LogP contribution in [-0.2, 0) is 4.79 Å². The van der Waals surface area contributed by atoms with Crippen molar-refractivity contribution < 1.29 is 19.2 Å². The van der Waals surface area contributed by atoms with Crippen molar-refractivity contribution in [2.75, 3.05) is 49.7 Å². The Bertz CT molecular complexity index is 789. The number of carbonyl (C=O) groups excluding carboxylic acids is 1. The summed E-state index contributed by atoms with van der Waals surface area (Å²) in [6.45, 7) is 4.40. The summed E-state index contributed by atoms with van der Waals surface area (Å²) in [7, 11) is 0. The van der Waals surface area contributed by atoms with Gasteiger partial charge in [0.25, 0.3) is 5.91 Å². The van der Waals surface area contributed by atoms with Crippen molar-refractivity contribution in [2.24, 2.45) is 0 Å². The van der Waals surface area contributed by atoms with Crippen LogP contribution in [0, 0.1) is 0 Å². The molecule has 0 spiro atoms. The molecule has 1 fully saturated rings. The monoisotopic (exact) mass is 374 g/mol. The lowest BCUT2D eigenvalue weighted by molar-refractivity contribution is -0.892. The molecule has 0 unspecified atom stereocenters. The Hall–Kier alpha value is -2.44. The molecule has 0 bridgehead atoms. The molecule has 6 nitrogen and oxygen atoms in total. The maximum Gasteiger partial charge on any atom is 0.279 e. The Morgan fingerprint density at radius 3 is 2.58 bits per heavy atom. The van der Waals surface area contributed by atoms with E-state index in [1.54, 1.807) is 6.07 Å². The van der Waals surface area contributed by atoms with E-state index in [-0.39, 0.29) is 12.7 Å². The molecular formula is C19H21ClN3O3+. The van der Waals surface area contributed by atoms with Gasteiger partial charge >= 0.3 is 0 Å². The predicted octanol–water partition coefficient (Wildman–Crippen LogP) is 1.41. The van der Waals surface area contributed by atoms with E-state index >= 15 is 0 Å². The molecule has 0 aliphatic carbocycles. The van der Waals surface area contributed by atoms with Crippen LogP contribution in [0.15, 0.2) is 42.5 Å². The van der Waals surface area contributed by atoms with Gasteiger partial charge in [-0.1, -0.05) is 11.6 Å². The SMILES string of the molecule is O=C(C[NH+]1CCN(c2ccc(Cl)cc2)CC1)Nc1ccc2c(c1)OCO2. The first-order valence-electron chi connectivity index (χ1n) is 8.71. The summed E-state index contributed by atoms with van der Waals surface area (Å²) < 4.78 is 10.6. The molecular weight excluding hydrogens is 354 g/mol. The van der Waals surface area contributed by atoms with Gasteiger partial charge < -0.3 is 24.6 Å². The number of quaternary nitrogens is 1. The molecule has 2 N–H and O–H groups in total. The van der Waals surface area contributed by atoms with Crippen LogP contribution >= 0.6 is 11.6 Å². The van der Waals surface area contributed by atoms with Crippen LogP contribution in [0.3, 0.4) is 0 Å². The average molecular weight is 375 g/mol. The number of nitrogens with one attached hydrogen (secondary N) is 2. The van der Waals surface area contributed by atoms with E-state index in [4.69, 9.17) is 21.1 Å². The standard InChI is InChI=1S/C19H20ClN3O3/c20-14-1-4-16(5-2-14)23-9-7-22(8-10-23)12-19(24)21-15-3-6-17-18(11-15)26-13-25-17/h1-6,11H,7-10,12-13H2,(H,21,24)/p+1. The van der Waals surface area contributed by atoms with E-state index in [1.807, 2.05) is 36.4 Å². The van der Waals surface area contributed by atoms with Gasteiger partial charge in [0, 0.05) is 22.5 Å². The molecule has 2 aromatic carbocycles. The zero-order valence-corrected chi connectivity index (χ0v) is 15.1. The van der Waals surface area contributed by atoms with Crippen molar-refractivity contribution in [3.63, 3.8) is 0 Å². The molecule has 4 rings (SSSR count). The summed E-state index contributed by atoms with van der Waals surface area (Å²) in [4.78, 5) is 16.0. The van der Waals surface area contributed by atoms with Crippen molar-refractivity contribution in [1.82, 2.24) is 0 Å². The van der Waals surface area contributed by atoms with Crippen molar-refractivity contribution in [3.8, 4) is 11.5 Å². The zero-order chi connectivity index (χ0) is 17.9. The van der Waals surface area contributed by atoms with Gasteiger partial charge in [-0.3, -0.25) is 4.79 Å². The number of hydrogen-bond acceptors (Lipinski definition) is 4. The van der Waals surface area contributed by atoms with Crippen LogP contribution in [0.2, 0.25) is 5.02 Å². The Morgan fingerprint density at radius 1 is 1.08 bits per heavy atom. The van der Waals surface area contributed by atoms with Gasteiger partial charge in [-0.15, -0.1) is 0 Å². The Balaban J connectivity index is 1.27. The number of fused-ring (bicyclic) bond motifs is 1. The number of nitrogens with zero attached hydrogens (tertiary/aromatic N) is 1. The third-order valence-corrected chi connectivity index (χ3v) is 4.98. The minimum absolute atomic E-state index is 0.0128. The number of benzene rings is 2. The molecule has 1 amide bonds. The minimum Gasteiger partial charge on any atom is -0.454 e. The highest BCUT2D eigenvalue weighted by Gasteiger charge is 2.23. The normalized spacial score (nSPS) is 16.6. The number of amides is 1. The van der Waals surface area contributed by atoms with Crippen LogP contribution < -0.4 is 24.6 Å². The van der Waals surface area contributed by atoms with Crippen LogP contribution in [0.1, 0.15) is 0 Å². The first kappa shape index (κ1) is 17.0. The molecule has 1 saturated heterocycles. The number of piperazine rings is 1. The smallest absolute Gasteiger partial charge is 0.279 e. The largest absolute Gasteiger partial charge is 0.454 e. The molecule has 2 aromatic rings. The number of carbonyl (C=O) groups is 1. The molecule has 0 atom stereocenters. The van der Waals surface area contributed by atoms with Gasteiger partial charge in [-0.2, -0.15) is 0 Å². The number of anilines is 2. The fourth-order valence-corrected chi connectivity index (χ4v) is 3.44. The highest BCUT2D eigenvalue weighted by atomic mass is 35.5. The van der Waals surface area contributed by atoms with Gasteiger partial charge in [0.2, 0.25) is 6.79 Å². The zero-order valence-electron chi connectivity index (χ0n) is 14.3. The Kier molecular flexibility index (Phi) is 4.86. The van der Waals surface area contributed by atoms with E-state index in [0.29, 0.717) is 18.0 Å². The highest BCUT2D eigenvalue weighted by Crippen LogP contribution is 2.34. The summed E-state index contributed by atoms with van der Waals surface area (Å²) in [5.74, 6) is 1.40. The fraction of sp³-hybridized carbons (Fsp3) is 0.316. The van der Waals surface area contributed by atoms with Crippen molar-refractivity contribution in [2.45, 2.75) is 0 Å². The van der Waals surface area contributed by atoms with Gasteiger partial charge in [0.15, 0.2) is 18.0 Å². The van der Waals surface area contributed by atoms with E-state index in [0.717, 1.165) is 36.9 Å². The molecule has 0 radical (unpaired) electrons. The van der Waals surface area contributed by atoms with Crippen LogP contribution in [0.25, 0.3) is 0 Å². The van der Waals surface area contributed by atoms with E-state index in [9.17, 15) is 4.79 Å². The lowest BCUT2D eigenvalue weighted by atomic mass is 10.2. The Labute approximate surface area is 157 Å². The van der Waals surface area contributed by atoms with Crippen LogP contribution in [0.4, 0.5) is 11.4 Å². The summed E-state index contributed by atoms with van der Waals surface area (Å²) in [6, 6.07) is 13.4. The minimum atomic E-state index is 0.0128. The van der Waals surface area contributed by atoms with Gasteiger partial charge in [-0.05, 0) is 36.4 Å². The lowest BCUT2D eigenvalue weighted by Crippen LogP contribution is -3.15. The summed E-state index contributed by atoms with van der Waals surface area (Å²) in [5.41, 5.74) is 1.91. The first-order valence-corrected chi connectivity index (χ1v) is 9.09. The van der Waals surface area contributed by atoms with Crippen LogP contribution in [0.5, 0.6) is 11.5 Å². The maximum absolute atomic E-state index is 12.3. The molecule has 0 aromatic heterocycles. The summed E-state index contributed by atoms with van der Waals surface area (Å²) >= 11 is 5.95. The fourth-order valence-electron chi connectivity index (χ4n) is 3.32.